The van der Waals surface area contributed by atoms with Gasteiger partial charge in [-0.3, -0.25) is 14.9 Å². The number of aromatic nitrogens is 4. The third-order valence-corrected chi connectivity index (χ3v) is 7.21. The van der Waals surface area contributed by atoms with Crippen LogP contribution in [-0.2, 0) is 12.3 Å². The number of halogens is 1. The molecule has 0 bridgehead atoms. The largest absolute Gasteiger partial charge is 0.295 e. The molecule has 1 amide bonds. The first-order valence-corrected chi connectivity index (χ1v) is 12.4. The summed E-state index contributed by atoms with van der Waals surface area (Å²) in [5.74, 6) is -0.377. The number of carbonyl (C=O) groups excluding carboxylic acids is 1. The van der Waals surface area contributed by atoms with Crippen molar-refractivity contribution < 1.29 is 9.18 Å². The van der Waals surface area contributed by atoms with E-state index < -0.39 is 5.91 Å². The summed E-state index contributed by atoms with van der Waals surface area (Å²) < 4.78 is 15.7. The zero-order valence-corrected chi connectivity index (χ0v) is 19.9. The molecule has 5 rings (SSSR count). The van der Waals surface area contributed by atoms with Crippen LogP contribution in [0, 0.1) is 5.82 Å². The molecule has 0 radical (unpaired) electrons. The molecule has 0 aliphatic heterocycles. The van der Waals surface area contributed by atoms with Crippen LogP contribution >= 0.6 is 23.1 Å². The maximum absolute atomic E-state index is 13.8. The number of nitrogens with one attached hydrogen (secondary N) is 1. The molecule has 0 aliphatic carbocycles. The lowest BCUT2D eigenvalue weighted by Gasteiger charge is -2.10. The summed E-state index contributed by atoms with van der Waals surface area (Å²) in [5.41, 5.74) is 1.30. The van der Waals surface area contributed by atoms with Crippen LogP contribution in [0.2, 0.25) is 0 Å². The number of nitrogens with zero attached hydrogens (tertiary/aromatic N) is 4. The standard InChI is InChI=1S/C25H18FN5O2S2/c26-20-13-7-4-10-17(20)15-34-25-29-28-24(35-25)27-22(32)21-18-11-5-6-12-19(18)23(33)31(30-21)14-16-8-2-1-3-9-16/h1-13H,14-15H2,(H,27,28,32). The third kappa shape index (κ3) is 5.13. The summed E-state index contributed by atoms with van der Waals surface area (Å²) >= 11 is 2.52. The Hall–Kier alpha value is -3.89. The van der Waals surface area contributed by atoms with Gasteiger partial charge in [-0.05, 0) is 23.3 Å². The van der Waals surface area contributed by atoms with Gasteiger partial charge in [-0.25, -0.2) is 9.07 Å². The first kappa shape index (κ1) is 22.9. The van der Waals surface area contributed by atoms with Crippen molar-refractivity contribution in [3.05, 3.63) is 112 Å². The van der Waals surface area contributed by atoms with Gasteiger partial charge in [-0.1, -0.05) is 89.8 Å². The molecule has 0 saturated heterocycles. The predicted octanol–water partition coefficient (Wildman–Crippen LogP) is 4.98. The summed E-state index contributed by atoms with van der Waals surface area (Å²) in [7, 11) is 0. The molecule has 5 aromatic rings. The fraction of sp³-hybridized carbons (Fsp3) is 0.0800. The highest BCUT2D eigenvalue weighted by molar-refractivity contribution is 8.00. The Morgan fingerprint density at radius 1 is 0.943 bits per heavy atom. The average molecular weight is 504 g/mol. The molecule has 7 nitrogen and oxygen atoms in total. The van der Waals surface area contributed by atoms with E-state index in [-0.39, 0.29) is 28.7 Å². The molecule has 2 aromatic heterocycles. The second kappa shape index (κ2) is 10.2. The first-order chi connectivity index (χ1) is 17.1. The van der Waals surface area contributed by atoms with Crippen LogP contribution in [-0.4, -0.2) is 25.9 Å². The normalized spacial score (nSPS) is 11.0. The van der Waals surface area contributed by atoms with E-state index >= 15 is 0 Å². The lowest BCUT2D eigenvalue weighted by Crippen LogP contribution is -2.28. The van der Waals surface area contributed by atoms with Crippen LogP contribution in [0.5, 0.6) is 0 Å². The van der Waals surface area contributed by atoms with Gasteiger partial charge in [-0.15, -0.1) is 10.2 Å². The number of anilines is 1. The van der Waals surface area contributed by atoms with Crippen LogP contribution in [0.15, 0.2) is 88.0 Å². The van der Waals surface area contributed by atoms with Crippen molar-refractivity contribution in [3.8, 4) is 0 Å². The summed E-state index contributed by atoms with van der Waals surface area (Å²) in [4.78, 5) is 26.2. The highest BCUT2D eigenvalue weighted by atomic mass is 32.2. The maximum Gasteiger partial charge on any atom is 0.278 e. The third-order valence-electron chi connectivity index (χ3n) is 5.19. The Morgan fingerprint density at radius 2 is 1.66 bits per heavy atom. The van der Waals surface area contributed by atoms with Crippen LogP contribution in [0.4, 0.5) is 9.52 Å². The molecule has 174 valence electrons. The minimum absolute atomic E-state index is 0.117. The van der Waals surface area contributed by atoms with Crippen molar-refractivity contribution in [2.24, 2.45) is 0 Å². The molecule has 2 heterocycles. The van der Waals surface area contributed by atoms with E-state index in [2.05, 4.69) is 20.6 Å². The van der Waals surface area contributed by atoms with Gasteiger partial charge in [-0.2, -0.15) is 5.10 Å². The molecule has 0 saturated carbocycles. The number of amides is 1. The second-order valence-electron chi connectivity index (χ2n) is 7.55. The van der Waals surface area contributed by atoms with Gasteiger partial charge in [0.25, 0.3) is 11.5 Å². The van der Waals surface area contributed by atoms with Crippen molar-refractivity contribution in [1.82, 2.24) is 20.0 Å². The average Bonchev–Trinajstić information content (AvgIpc) is 3.33. The van der Waals surface area contributed by atoms with Crippen molar-refractivity contribution in [3.63, 3.8) is 0 Å². The molecule has 0 fully saturated rings. The number of hydrogen-bond donors (Lipinski definition) is 1. The van der Waals surface area contributed by atoms with E-state index in [1.165, 1.54) is 33.8 Å². The second-order valence-corrected chi connectivity index (χ2v) is 9.75. The Bertz CT molecular complexity index is 1570. The van der Waals surface area contributed by atoms with Crippen molar-refractivity contribution >= 4 is 44.9 Å². The molecule has 3 aromatic carbocycles. The van der Waals surface area contributed by atoms with E-state index in [0.29, 0.717) is 26.4 Å². The highest BCUT2D eigenvalue weighted by Crippen LogP contribution is 2.29. The van der Waals surface area contributed by atoms with E-state index in [4.69, 9.17) is 0 Å². The molecule has 1 N–H and O–H groups in total. The first-order valence-electron chi connectivity index (χ1n) is 10.6. The summed E-state index contributed by atoms with van der Waals surface area (Å²) in [6.07, 6.45) is 0. The maximum atomic E-state index is 13.8. The van der Waals surface area contributed by atoms with Crippen molar-refractivity contribution in [2.45, 2.75) is 16.6 Å². The SMILES string of the molecule is O=C(Nc1nnc(SCc2ccccc2F)s1)c1nn(Cc2ccccc2)c(=O)c2ccccc12. The highest BCUT2D eigenvalue weighted by Gasteiger charge is 2.19. The molecule has 0 aliphatic rings. The van der Waals surface area contributed by atoms with Crippen LogP contribution in [0.25, 0.3) is 10.8 Å². The number of carbonyl (C=O) groups is 1. The van der Waals surface area contributed by atoms with Gasteiger partial charge < -0.3 is 0 Å². The molecule has 0 unspecified atom stereocenters. The predicted molar refractivity (Wildman–Crippen MR) is 135 cm³/mol. The van der Waals surface area contributed by atoms with Gasteiger partial charge in [0.1, 0.15) is 5.82 Å². The van der Waals surface area contributed by atoms with Crippen molar-refractivity contribution in [2.75, 3.05) is 5.32 Å². The zero-order chi connectivity index (χ0) is 24.2. The lowest BCUT2D eigenvalue weighted by atomic mass is 10.1. The fourth-order valence-electron chi connectivity index (χ4n) is 3.50. The molecule has 10 heteroatoms. The fourth-order valence-corrected chi connectivity index (χ4v) is 5.23. The Kier molecular flexibility index (Phi) is 6.64. The Labute approximate surface area is 207 Å². The molecule has 35 heavy (non-hydrogen) atoms. The van der Waals surface area contributed by atoms with Crippen LogP contribution in [0.3, 0.4) is 0 Å². The minimum atomic E-state index is -0.496. The van der Waals surface area contributed by atoms with Gasteiger partial charge in [0.05, 0.1) is 11.9 Å². The minimum Gasteiger partial charge on any atom is -0.295 e. The Morgan fingerprint density at radius 3 is 2.46 bits per heavy atom. The summed E-state index contributed by atoms with van der Waals surface area (Å²) in [6.45, 7) is 0.237. The summed E-state index contributed by atoms with van der Waals surface area (Å²) in [6, 6.07) is 22.9. The van der Waals surface area contributed by atoms with E-state index in [9.17, 15) is 14.0 Å². The number of benzene rings is 3. The number of fused-ring (bicyclic) bond motifs is 1. The van der Waals surface area contributed by atoms with Gasteiger partial charge in [0.15, 0.2) is 10.0 Å². The number of thioether (sulfide) groups is 1. The summed E-state index contributed by atoms with van der Waals surface area (Å²) in [5, 5.41) is 16.4. The van der Waals surface area contributed by atoms with Gasteiger partial charge in [0.2, 0.25) is 5.13 Å². The number of hydrogen-bond acceptors (Lipinski definition) is 7. The van der Waals surface area contributed by atoms with Crippen LogP contribution < -0.4 is 10.9 Å². The monoisotopic (exact) mass is 503 g/mol. The quantitative estimate of drug-likeness (QED) is 0.249. The van der Waals surface area contributed by atoms with Gasteiger partial charge >= 0.3 is 0 Å². The molecule has 0 spiro atoms. The van der Waals surface area contributed by atoms with Crippen LogP contribution in [0.1, 0.15) is 21.6 Å². The Balaban J connectivity index is 1.38. The zero-order valence-electron chi connectivity index (χ0n) is 18.2. The smallest absolute Gasteiger partial charge is 0.278 e. The molecular formula is C25H18FN5O2S2. The van der Waals surface area contributed by atoms with Gasteiger partial charge in [0, 0.05) is 11.1 Å². The number of rotatable bonds is 7. The lowest BCUT2D eigenvalue weighted by molar-refractivity contribution is 0.102. The topological polar surface area (TPSA) is 89.8 Å². The van der Waals surface area contributed by atoms with E-state index in [1.54, 1.807) is 42.5 Å². The van der Waals surface area contributed by atoms with E-state index in [0.717, 1.165) is 5.56 Å². The van der Waals surface area contributed by atoms with E-state index in [1.807, 2.05) is 30.3 Å². The molecule has 0 atom stereocenters. The van der Waals surface area contributed by atoms with Crippen molar-refractivity contribution in [1.29, 1.82) is 0 Å². The molecular weight excluding hydrogens is 485 g/mol.